The molecule has 2 rings (SSSR count). The van der Waals surface area contributed by atoms with Crippen molar-refractivity contribution in [2.24, 2.45) is 0 Å². The fraction of sp³-hybridized carbons (Fsp3) is 0.625. The van der Waals surface area contributed by atoms with Crippen molar-refractivity contribution in [1.82, 2.24) is 0 Å². The van der Waals surface area contributed by atoms with Crippen LogP contribution in [-0.4, -0.2) is 42.6 Å². The maximum atomic E-state index is 13.7. The predicted molar refractivity (Wildman–Crippen MR) is 80.0 cm³/mol. The molecule has 1 aliphatic heterocycles. The van der Waals surface area contributed by atoms with E-state index in [-0.39, 0.29) is 5.82 Å². The number of likely N-dealkylation sites (N-methyl/N-ethyl adjacent to an activating group) is 1. The highest BCUT2D eigenvalue weighted by atomic mass is 19.1. The van der Waals surface area contributed by atoms with Gasteiger partial charge in [0.15, 0.2) is 0 Å². The normalized spacial score (nSPS) is 19.3. The van der Waals surface area contributed by atoms with Gasteiger partial charge in [-0.25, -0.2) is 4.39 Å². The second-order valence-electron chi connectivity index (χ2n) is 6.03. The molecule has 5 heteroatoms. The summed E-state index contributed by atoms with van der Waals surface area (Å²) in [7, 11) is 1.85. The molecule has 0 bridgehead atoms. The molecule has 1 saturated heterocycles. The first-order chi connectivity index (χ1) is 9.82. The van der Waals surface area contributed by atoms with Gasteiger partial charge >= 0.3 is 0 Å². The summed E-state index contributed by atoms with van der Waals surface area (Å²) in [4.78, 5) is 1.89. The predicted octanol–water partition coefficient (Wildman–Crippen LogP) is 2.17. The highest BCUT2D eigenvalue weighted by molar-refractivity contribution is 5.56. The Kier molecular flexibility index (Phi) is 4.86. The summed E-state index contributed by atoms with van der Waals surface area (Å²) < 4.78 is 19.0. The standard InChI is InChI=1S/C16H24FNO3/c1-11-8-15(13(12(2)19)9-14(11)17)18(3)10-16(20)4-6-21-7-5-16/h8-9,12,19-20H,4-7,10H2,1-3H3. The second-order valence-corrected chi connectivity index (χ2v) is 6.03. The van der Waals surface area contributed by atoms with Crippen molar-refractivity contribution in [3.05, 3.63) is 29.1 Å². The number of ether oxygens (including phenoxy) is 1. The van der Waals surface area contributed by atoms with Crippen molar-refractivity contribution in [2.75, 3.05) is 31.7 Å². The lowest BCUT2D eigenvalue weighted by atomic mass is 9.93. The van der Waals surface area contributed by atoms with E-state index in [2.05, 4.69) is 0 Å². The van der Waals surface area contributed by atoms with Gasteiger partial charge in [0.25, 0.3) is 0 Å². The number of rotatable bonds is 4. The van der Waals surface area contributed by atoms with Crippen LogP contribution in [0.25, 0.3) is 0 Å². The van der Waals surface area contributed by atoms with Gasteiger partial charge in [0.1, 0.15) is 5.82 Å². The van der Waals surface area contributed by atoms with Gasteiger partial charge < -0.3 is 19.8 Å². The Hall–Kier alpha value is -1.17. The zero-order chi connectivity index (χ0) is 15.6. The van der Waals surface area contributed by atoms with Crippen LogP contribution < -0.4 is 4.90 Å². The lowest BCUT2D eigenvalue weighted by Crippen LogP contribution is -2.46. The Morgan fingerprint density at radius 2 is 2.00 bits per heavy atom. The number of halogens is 1. The average Bonchev–Trinajstić information content (AvgIpc) is 2.41. The van der Waals surface area contributed by atoms with E-state index in [1.807, 2.05) is 11.9 Å². The number of nitrogens with zero attached hydrogens (tertiary/aromatic N) is 1. The number of anilines is 1. The Morgan fingerprint density at radius 1 is 1.38 bits per heavy atom. The number of hydrogen-bond donors (Lipinski definition) is 2. The van der Waals surface area contributed by atoms with Crippen LogP contribution in [0.15, 0.2) is 12.1 Å². The van der Waals surface area contributed by atoms with Crippen LogP contribution in [0.3, 0.4) is 0 Å². The average molecular weight is 297 g/mol. The monoisotopic (exact) mass is 297 g/mol. The van der Waals surface area contributed by atoms with Gasteiger partial charge in [0.05, 0.1) is 11.7 Å². The van der Waals surface area contributed by atoms with E-state index < -0.39 is 11.7 Å². The molecule has 4 nitrogen and oxygen atoms in total. The SMILES string of the molecule is Cc1cc(N(C)CC2(O)CCOCC2)c(C(C)O)cc1F. The Labute approximate surface area is 125 Å². The van der Waals surface area contributed by atoms with E-state index in [1.165, 1.54) is 6.07 Å². The third kappa shape index (κ3) is 3.73. The zero-order valence-corrected chi connectivity index (χ0v) is 12.9. The van der Waals surface area contributed by atoms with Gasteiger partial charge in [-0.3, -0.25) is 0 Å². The lowest BCUT2D eigenvalue weighted by molar-refractivity contribution is -0.0573. The quantitative estimate of drug-likeness (QED) is 0.894. The molecule has 1 aromatic rings. The first kappa shape index (κ1) is 16.2. The van der Waals surface area contributed by atoms with Crippen molar-refractivity contribution >= 4 is 5.69 Å². The van der Waals surface area contributed by atoms with Crippen molar-refractivity contribution < 1.29 is 19.3 Å². The van der Waals surface area contributed by atoms with Crippen LogP contribution in [0.2, 0.25) is 0 Å². The topological polar surface area (TPSA) is 52.9 Å². The number of benzene rings is 1. The van der Waals surface area contributed by atoms with E-state index >= 15 is 0 Å². The molecule has 0 spiro atoms. The van der Waals surface area contributed by atoms with Crippen molar-refractivity contribution in [1.29, 1.82) is 0 Å². The second kappa shape index (κ2) is 6.30. The number of aliphatic hydroxyl groups is 2. The zero-order valence-electron chi connectivity index (χ0n) is 12.9. The molecule has 0 amide bonds. The summed E-state index contributed by atoms with van der Waals surface area (Å²) >= 11 is 0. The number of aryl methyl sites for hydroxylation is 1. The maximum absolute atomic E-state index is 13.7. The summed E-state index contributed by atoms with van der Waals surface area (Å²) in [6, 6.07) is 3.10. The van der Waals surface area contributed by atoms with Crippen LogP contribution in [0, 0.1) is 12.7 Å². The summed E-state index contributed by atoms with van der Waals surface area (Å²) in [6.45, 7) is 4.85. The molecule has 118 valence electrons. The molecule has 1 fully saturated rings. The van der Waals surface area contributed by atoms with Gasteiger partial charge in [0.2, 0.25) is 0 Å². The summed E-state index contributed by atoms with van der Waals surface area (Å²) in [5.74, 6) is -0.326. The highest BCUT2D eigenvalue weighted by Crippen LogP contribution is 2.31. The smallest absolute Gasteiger partial charge is 0.126 e. The number of aliphatic hydroxyl groups excluding tert-OH is 1. The maximum Gasteiger partial charge on any atom is 0.126 e. The van der Waals surface area contributed by atoms with Gasteiger partial charge in [-0.2, -0.15) is 0 Å². The molecular formula is C16H24FNO3. The minimum atomic E-state index is -0.800. The van der Waals surface area contributed by atoms with Gasteiger partial charge in [0, 0.05) is 50.9 Å². The Bertz CT molecular complexity index is 499. The molecule has 1 unspecified atom stereocenters. The number of hydrogen-bond acceptors (Lipinski definition) is 4. The molecule has 1 heterocycles. The van der Waals surface area contributed by atoms with Crippen molar-refractivity contribution in [3.63, 3.8) is 0 Å². The summed E-state index contributed by atoms with van der Waals surface area (Å²) in [5.41, 5.74) is 1.02. The van der Waals surface area contributed by atoms with Gasteiger partial charge in [-0.15, -0.1) is 0 Å². The van der Waals surface area contributed by atoms with Crippen LogP contribution in [0.1, 0.15) is 37.0 Å². The molecule has 1 aliphatic rings. The third-order valence-corrected chi connectivity index (χ3v) is 4.12. The molecule has 1 aromatic carbocycles. The Morgan fingerprint density at radius 3 is 2.57 bits per heavy atom. The van der Waals surface area contributed by atoms with E-state index in [9.17, 15) is 14.6 Å². The molecule has 0 aliphatic carbocycles. The van der Waals surface area contributed by atoms with Crippen molar-refractivity contribution in [3.8, 4) is 0 Å². The van der Waals surface area contributed by atoms with Crippen molar-refractivity contribution in [2.45, 2.75) is 38.4 Å². The molecule has 0 radical (unpaired) electrons. The third-order valence-electron chi connectivity index (χ3n) is 4.12. The van der Waals surface area contributed by atoms with Gasteiger partial charge in [-0.05, 0) is 31.5 Å². The van der Waals surface area contributed by atoms with E-state index in [1.54, 1.807) is 19.9 Å². The van der Waals surface area contributed by atoms with Crippen LogP contribution in [-0.2, 0) is 4.74 Å². The molecule has 0 aromatic heterocycles. The fourth-order valence-electron chi connectivity index (χ4n) is 2.78. The van der Waals surface area contributed by atoms with Crippen LogP contribution >= 0.6 is 0 Å². The summed E-state index contributed by atoms with van der Waals surface area (Å²) in [5, 5.41) is 20.5. The molecule has 0 saturated carbocycles. The minimum absolute atomic E-state index is 0.326. The van der Waals surface area contributed by atoms with Gasteiger partial charge in [-0.1, -0.05) is 0 Å². The van der Waals surface area contributed by atoms with E-state index in [4.69, 9.17) is 4.74 Å². The molecule has 1 atom stereocenters. The molecule has 21 heavy (non-hydrogen) atoms. The van der Waals surface area contributed by atoms with Crippen LogP contribution in [0.4, 0.5) is 10.1 Å². The van der Waals surface area contributed by atoms with E-state index in [0.29, 0.717) is 43.7 Å². The lowest BCUT2D eigenvalue weighted by Gasteiger charge is -2.37. The van der Waals surface area contributed by atoms with E-state index in [0.717, 1.165) is 5.69 Å². The largest absolute Gasteiger partial charge is 0.389 e. The molecular weight excluding hydrogens is 273 g/mol. The first-order valence-corrected chi connectivity index (χ1v) is 7.32. The highest BCUT2D eigenvalue weighted by Gasteiger charge is 2.32. The molecule has 2 N–H and O–H groups in total. The Balaban J connectivity index is 2.25. The first-order valence-electron chi connectivity index (χ1n) is 7.32. The summed E-state index contributed by atoms with van der Waals surface area (Å²) in [6.07, 6.45) is 0.408. The fourth-order valence-corrected chi connectivity index (χ4v) is 2.78. The minimum Gasteiger partial charge on any atom is -0.389 e. The van der Waals surface area contributed by atoms with Crippen LogP contribution in [0.5, 0.6) is 0 Å².